The fraction of sp³-hybridized carbons (Fsp3) is 0.263. The van der Waals surface area contributed by atoms with Gasteiger partial charge in [-0.3, -0.25) is 4.79 Å². The van der Waals surface area contributed by atoms with Gasteiger partial charge in [0.25, 0.3) is 5.91 Å². The second-order valence-electron chi connectivity index (χ2n) is 6.78. The third-order valence-corrected chi connectivity index (χ3v) is 7.09. The average Bonchev–Trinajstić information content (AvgIpc) is 3.55. The minimum atomic E-state index is 0.0556. The molecule has 0 radical (unpaired) electrons. The first-order valence-corrected chi connectivity index (χ1v) is 11.1. The summed E-state index contributed by atoms with van der Waals surface area (Å²) < 4.78 is 1.56. The van der Waals surface area contributed by atoms with Gasteiger partial charge in [0.1, 0.15) is 22.5 Å². The lowest BCUT2D eigenvalue weighted by Crippen LogP contribution is -2.49. The van der Waals surface area contributed by atoms with Crippen LogP contribution in [0.4, 0.5) is 5.82 Å². The Balaban J connectivity index is 1.24. The summed E-state index contributed by atoms with van der Waals surface area (Å²) in [5.74, 6) is 1.47. The molecule has 9 nitrogen and oxygen atoms in total. The van der Waals surface area contributed by atoms with Crippen LogP contribution in [0.25, 0.3) is 15.7 Å². The highest BCUT2D eigenvalue weighted by atomic mass is 32.1. The minimum absolute atomic E-state index is 0.0556. The maximum Gasteiger partial charge on any atom is 0.265 e. The number of piperazine rings is 1. The lowest BCUT2D eigenvalue weighted by molar-refractivity contribution is 0.0750. The Labute approximate surface area is 180 Å². The van der Waals surface area contributed by atoms with Crippen molar-refractivity contribution in [3.05, 3.63) is 52.9 Å². The zero-order valence-electron chi connectivity index (χ0n) is 16.2. The Morgan fingerprint density at radius 1 is 1.07 bits per heavy atom. The Hall–Kier alpha value is -3.18. The van der Waals surface area contributed by atoms with Gasteiger partial charge >= 0.3 is 0 Å². The van der Waals surface area contributed by atoms with E-state index in [1.807, 2.05) is 41.5 Å². The first-order valence-electron chi connectivity index (χ1n) is 9.43. The van der Waals surface area contributed by atoms with Gasteiger partial charge in [0, 0.05) is 26.2 Å². The topological polar surface area (TPSA) is 92.9 Å². The molecule has 0 aliphatic carbocycles. The number of rotatable bonds is 4. The number of thiophene rings is 1. The van der Waals surface area contributed by atoms with Crippen molar-refractivity contribution >= 4 is 34.4 Å². The molecule has 1 fully saturated rings. The van der Waals surface area contributed by atoms with Crippen LogP contribution < -0.4 is 4.90 Å². The first-order chi connectivity index (χ1) is 14.7. The van der Waals surface area contributed by atoms with Gasteiger partial charge in [-0.2, -0.15) is 5.10 Å². The molecular weight excluding hydrogens is 420 g/mol. The molecule has 5 heterocycles. The van der Waals surface area contributed by atoms with E-state index in [1.54, 1.807) is 22.3 Å². The molecule has 1 saturated heterocycles. The summed E-state index contributed by atoms with van der Waals surface area (Å²) in [5.41, 5.74) is 0.797. The normalized spacial score (nSPS) is 14.3. The molecule has 1 aliphatic heterocycles. The predicted molar refractivity (Wildman–Crippen MR) is 115 cm³/mol. The van der Waals surface area contributed by atoms with Crippen molar-refractivity contribution in [2.24, 2.45) is 0 Å². The molecule has 1 amide bonds. The molecular formula is C19H18N8OS2. The number of thiazole rings is 1. The van der Waals surface area contributed by atoms with Crippen molar-refractivity contribution in [2.45, 2.75) is 6.92 Å². The summed E-state index contributed by atoms with van der Waals surface area (Å²) in [6.07, 6.45) is 3.04. The first kappa shape index (κ1) is 18.8. The van der Waals surface area contributed by atoms with E-state index in [2.05, 4.69) is 30.2 Å². The van der Waals surface area contributed by atoms with E-state index in [-0.39, 0.29) is 5.91 Å². The average molecular weight is 439 g/mol. The van der Waals surface area contributed by atoms with Crippen molar-refractivity contribution in [1.29, 1.82) is 0 Å². The van der Waals surface area contributed by atoms with Crippen LogP contribution >= 0.6 is 22.7 Å². The summed E-state index contributed by atoms with van der Waals surface area (Å²) in [4.78, 5) is 27.4. The van der Waals surface area contributed by atoms with Crippen LogP contribution in [0.2, 0.25) is 0 Å². The molecule has 0 spiro atoms. The number of aromatic nitrogens is 6. The maximum absolute atomic E-state index is 13.1. The van der Waals surface area contributed by atoms with E-state index in [9.17, 15) is 4.79 Å². The van der Waals surface area contributed by atoms with Crippen molar-refractivity contribution < 1.29 is 4.79 Å². The van der Waals surface area contributed by atoms with E-state index >= 15 is 0 Å². The summed E-state index contributed by atoms with van der Waals surface area (Å²) in [5, 5.41) is 15.5. The van der Waals surface area contributed by atoms with Crippen LogP contribution in [0.5, 0.6) is 0 Å². The molecule has 0 unspecified atom stereocenters. The number of amides is 1. The van der Waals surface area contributed by atoms with Crippen molar-refractivity contribution in [3.8, 4) is 15.7 Å². The zero-order valence-corrected chi connectivity index (χ0v) is 17.8. The van der Waals surface area contributed by atoms with Crippen molar-refractivity contribution in [2.75, 3.05) is 31.1 Å². The number of nitrogens with zero attached hydrogens (tertiary/aromatic N) is 8. The Morgan fingerprint density at radius 2 is 1.87 bits per heavy atom. The minimum Gasteiger partial charge on any atom is -0.352 e. The molecule has 0 atom stereocenters. The van der Waals surface area contributed by atoms with Gasteiger partial charge in [-0.05, 0) is 30.5 Å². The van der Waals surface area contributed by atoms with Gasteiger partial charge < -0.3 is 9.80 Å². The second kappa shape index (κ2) is 7.92. The molecule has 0 aromatic carbocycles. The molecule has 4 aromatic rings. The summed E-state index contributed by atoms with van der Waals surface area (Å²) >= 11 is 3.11. The van der Waals surface area contributed by atoms with Crippen LogP contribution in [0.3, 0.4) is 0 Å². The lowest BCUT2D eigenvalue weighted by Gasteiger charge is -2.35. The third-order valence-electron chi connectivity index (χ3n) is 4.90. The van der Waals surface area contributed by atoms with E-state index in [4.69, 9.17) is 0 Å². The molecule has 1 aliphatic rings. The SMILES string of the molecule is Cc1nc(-c2cccs2)sc1C(=O)N1CCN(c2ccc(-n3cncn3)nn2)CC1. The van der Waals surface area contributed by atoms with E-state index in [0.29, 0.717) is 32.0 Å². The molecule has 5 rings (SSSR count). The Bertz CT molecular complexity index is 1130. The summed E-state index contributed by atoms with van der Waals surface area (Å²) in [6.45, 7) is 4.59. The monoisotopic (exact) mass is 438 g/mol. The van der Waals surface area contributed by atoms with Gasteiger partial charge in [-0.1, -0.05) is 6.07 Å². The highest BCUT2D eigenvalue weighted by Gasteiger charge is 2.26. The highest BCUT2D eigenvalue weighted by Crippen LogP contribution is 2.32. The Kier molecular flexibility index (Phi) is 4.97. The molecule has 11 heteroatoms. The fourth-order valence-electron chi connectivity index (χ4n) is 3.32. The van der Waals surface area contributed by atoms with Crippen molar-refractivity contribution in [3.63, 3.8) is 0 Å². The molecule has 152 valence electrons. The zero-order chi connectivity index (χ0) is 20.5. The second-order valence-corrected chi connectivity index (χ2v) is 8.73. The predicted octanol–water partition coefficient (Wildman–Crippen LogP) is 2.51. The summed E-state index contributed by atoms with van der Waals surface area (Å²) in [6, 6.07) is 7.81. The number of carbonyl (C=O) groups excluding carboxylic acids is 1. The number of carbonyl (C=O) groups is 1. The smallest absolute Gasteiger partial charge is 0.265 e. The quantitative estimate of drug-likeness (QED) is 0.483. The molecule has 0 N–H and O–H groups in total. The van der Waals surface area contributed by atoms with E-state index in [0.717, 1.165) is 26.3 Å². The molecule has 0 bridgehead atoms. The van der Waals surface area contributed by atoms with Gasteiger partial charge in [0.05, 0.1) is 10.6 Å². The standard InChI is InChI=1S/C19H18N8OS2/c1-13-17(30-18(22-13)14-3-2-10-29-14)19(28)26-8-6-25(7-9-26)15-4-5-16(24-23-15)27-12-20-11-21-27/h2-5,10-12H,6-9H2,1H3. The lowest BCUT2D eigenvalue weighted by atomic mass is 10.2. The third kappa shape index (κ3) is 3.57. The largest absolute Gasteiger partial charge is 0.352 e. The van der Waals surface area contributed by atoms with Crippen LogP contribution in [-0.2, 0) is 0 Å². The van der Waals surface area contributed by atoms with Gasteiger partial charge in [0.2, 0.25) is 0 Å². The number of aryl methyl sites for hydroxylation is 1. The molecule has 4 aromatic heterocycles. The maximum atomic E-state index is 13.1. The van der Waals surface area contributed by atoms with Crippen LogP contribution in [-0.4, -0.2) is 66.9 Å². The highest BCUT2D eigenvalue weighted by molar-refractivity contribution is 7.22. The van der Waals surface area contributed by atoms with Gasteiger partial charge in [-0.15, -0.1) is 32.9 Å². The number of anilines is 1. The van der Waals surface area contributed by atoms with Crippen molar-refractivity contribution in [1.82, 2.24) is 34.8 Å². The Morgan fingerprint density at radius 3 is 2.53 bits per heavy atom. The van der Waals surface area contributed by atoms with Crippen LogP contribution in [0.1, 0.15) is 15.4 Å². The fourth-order valence-corrected chi connectivity index (χ4v) is 5.15. The van der Waals surface area contributed by atoms with Crippen LogP contribution in [0.15, 0.2) is 42.3 Å². The molecule has 30 heavy (non-hydrogen) atoms. The van der Waals surface area contributed by atoms with Gasteiger partial charge in [-0.25, -0.2) is 14.6 Å². The summed E-state index contributed by atoms with van der Waals surface area (Å²) in [7, 11) is 0. The van der Waals surface area contributed by atoms with E-state index in [1.165, 1.54) is 17.7 Å². The van der Waals surface area contributed by atoms with Gasteiger partial charge in [0.15, 0.2) is 11.6 Å². The van der Waals surface area contributed by atoms with E-state index < -0.39 is 0 Å². The number of hydrogen-bond donors (Lipinski definition) is 0. The molecule has 0 saturated carbocycles. The van der Waals surface area contributed by atoms with Crippen LogP contribution in [0, 0.1) is 6.92 Å². The number of hydrogen-bond acceptors (Lipinski definition) is 9.